The van der Waals surface area contributed by atoms with Gasteiger partial charge in [-0.3, -0.25) is 0 Å². The lowest BCUT2D eigenvalue weighted by Crippen LogP contribution is -2.02. The summed E-state index contributed by atoms with van der Waals surface area (Å²) in [7, 11) is 0. The van der Waals surface area contributed by atoms with E-state index < -0.39 is 0 Å². The Morgan fingerprint density at radius 3 is 2.82 bits per heavy atom. The number of fused-ring (bicyclic) bond motifs is 1. The van der Waals surface area contributed by atoms with Gasteiger partial charge in [0.05, 0.1) is 17.6 Å². The van der Waals surface area contributed by atoms with Gasteiger partial charge in [0.15, 0.2) is 5.16 Å². The summed E-state index contributed by atoms with van der Waals surface area (Å²) < 4.78 is 5.88. The molecule has 0 aliphatic heterocycles. The van der Waals surface area contributed by atoms with E-state index in [9.17, 15) is 0 Å². The van der Waals surface area contributed by atoms with Crippen LogP contribution in [-0.4, -0.2) is 22.3 Å². The third-order valence-corrected chi connectivity index (χ3v) is 4.12. The maximum absolute atomic E-state index is 5.88. The highest BCUT2D eigenvalue weighted by atomic mass is 32.2. The average molecular weight is 310 g/mol. The van der Waals surface area contributed by atoms with Gasteiger partial charge in [-0.25, -0.2) is 4.98 Å². The molecule has 0 unspecified atom stereocenters. The second-order valence-corrected chi connectivity index (χ2v) is 5.94. The van der Waals surface area contributed by atoms with E-state index >= 15 is 0 Å². The van der Waals surface area contributed by atoms with Gasteiger partial charge in [0.2, 0.25) is 0 Å². The molecule has 112 valence electrons. The highest BCUT2D eigenvalue weighted by Crippen LogP contribution is 2.21. The summed E-state index contributed by atoms with van der Waals surface area (Å²) >= 11 is 1.67. The van der Waals surface area contributed by atoms with Crippen molar-refractivity contribution in [2.45, 2.75) is 11.6 Å². The summed E-state index contributed by atoms with van der Waals surface area (Å²) in [5.41, 5.74) is 3.25. The molecule has 0 aliphatic rings. The molecule has 1 heterocycles. The van der Waals surface area contributed by atoms with Crippen LogP contribution in [0.1, 0.15) is 5.56 Å². The first-order valence-electron chi connectivity index (χ1n) is 7.26. The molecule has 0 bridgehead atoms. The van der Waals surface area contributed by atoms with E-state index in [1.165, 1.54) is 5.56 Å². The zero-order valence-corrected chi connectivity index (χ0v) is 13.1. The Morgan fingerprint density at radius 2 is 1.95 bits per heavy atom. The van der Waals surface area contributed by atoms with Crippen LogP contribution in [-0.2, 0) is 6.42 Å². The van der Waals surface area contributed by atoms with Crippen molar-refractivity contribution in [3.05, 3.63) is 66.7 Å². The van der Waals surface area contributed by atoms with Gasteiger partial charge in [0.25, 0.3) is 0 Å². The molecule has 0 aliphatic carbocycles. The molecule has 3 rings (SSSR count). The normalized spacial score (nSPS) is 10.7. The van der Waals surface area contributed by atoms with Crippen molar-refractivity contribution in [1.29, 1.82) is 0 Å². The third kappa shape index (κ3) is 3.52. The van der Waals surface area contributed by atoms with Crippen LogP contribution in [0.4, 0.5) is 0 Å². The predicted octanol–water partition coefficient (Wildman–Crippen LogP) is 4.46. The van der Waals surface area contributed by atoms with E-state index in [1.54, 1.807) is 11.8 Å². The number of allylic oxidation sites excluding steroid dienone is 1. The summed E-state index contributed by atoms with van der Waals surface area (Å²) in [6.45, 7) is 4.43. The number of imidazole rings is 1. The zero-order valence-electron chi connectivity index (χ0n) is 12.3. The topological polar surface area (TPSA) is 37.9 Å². The molecule has 1 N–H and O–H groups in total. The van der Waals surface area contributed by atoms with Crippen LogP contribution >= 0.6 is 11.8 Å². The van der Waals surface area contributed by atoms with Gasteiger partial charge in [-0.15, -0.1) is 6.58 Å². The quantitative estimate of drug-likeness (QED) is 0.398. The lowest BCUT2D eigenvalue weighted by atomic mass is 10.1. The second kappa shape index (κ2) is 7.18. The van der Waals surface area contributed by atoms with Crippen LogP contribution in [0.25, 0.3) is 11.0 Å². The average Bonchev–Trinajstić information content (AvgIpc) is 2.96. The monoisotopic (exact) mass is 310 g/mol. The Balaban J connectivity index is 1.54. The van der Waals surface area contributed by atoms with Gasteiger partial charge in [-0.1, -0.05) is 48.2 Å². The summed E-state index contributed by atoms with van der Waals surface area (Å²) in [6, 6.07) is 16.1. The molecular weight excluding hydrogens is 292 g/mol. The minimum atomic E-state index is 0.649. The lowest BCUT2D eigenvalue weighted by molar-refractivity contribution is 0.341. The minimum Gasteiger partial charge on any atom is -0.492 e. The van der Waals surface area contributed by atoms with Crippen molar-refractivity contribution in [1.82, 2.24) is 9.97 Å². The molecule has 2 aromatic carbocycles. The van der Waals surface area contributed by atoms with Crippen molar-refractivity contribution in [3.8, 4) is 5.75 Å². The van der Waals surface area contributed by atoms with Crippen LogP contribution in [0.2, 0.25) is 0 Å². The van der Waals surface area contributed by atoms with Gasteiger partial charge >= 0.3 is 0 Å². The molecule has 0 atom stereocenters. The number of ether oxygens (including phenoxy) is 1. The molecular formula is C18H18N2OS. The number of hydrogen-bond donors (Lipinski definition) is 1. The van der Waals surface area contributed by atoms with Gasteiger partial charge in [0.1, 0.15) is 5.75 Å². The fourth-order valence-electron chi connectivity index (χ4n) is 2.26. The van der Waals surface area contributed by atoms with E-state index in [0.717, 1.165) is 34.1 Å². The minimum absolute atomic E-state index is 0.649. The number of aromatic amines is 1. The van der Waals surface area contributed by atoms with Gasteiger partial charge in [-0.05, 0) is 30.2 Å². The van der Waals surface area contributed by atoms with Gasteiger partial charge < -0.3 is 9.72 Å². The first kappa shape index (κ1) is 14.7. The highest BCUT2D eigenvalue weighted by molar-refractivity contribution is 7.99. The SMILES string of the molecule is C=CCc1ccccc1OCCSc1nc2ccccc2[nH]1. The van der Waals surface area contributed by atoms with Crippen LogP contribution in [0, 0.1) is 0 Å². The summed E-state index contributed by atoms with van der Waals surface area (Å²) in [4.78, 5) is 7.85. The second-order valence-electron chi connectivity index (χ2n) is 4.86. The Labute approximate surface area is 134 Å². The molecule has 0 saturated heterocycles. The lowest BCUT2D eigenvalue weighted by Gasteiger charge is -2.09. The van der Waals surface area contributed by atoms with Crippen molar-refractivity contribution >= 4 is 22.8 Å². The van der Waals surface area contributed by atoms with Crippen LogP contribution in [0.15, 0.2) is 66.3 Å². The number of H-pyrrole nitrogens is 1. The number of thioether (sulfide) groups is 1. The number of hydrogen-bond acceptors (Lipinski definition) is 3. The first-order valence-corrected chi connectivity index (χ1v) is 8.24. The largest absolute Gasteiger partial charge is 0.492 e. The number of rotatable bonds is 7. The Kier molecular flexibility index (Phi) is 4.81. The van der Waals surface area contributed by atoms with Crippen LogP contribution in [0.3, 0.4) is 0 Å². The fraction of sp³-hybridized carbons (Fsp3) is 0.167. The molecule has 3 aromatic rings. The maximum Gasteiger partial charge on any atom is 0.166 e. The molecule has 0 spiro atoms. The maximum atomic E-state index is 5.88. The molecule has 4 heteroatoms. The van der Waals surface area contributed by atoms with Gasteiger partial charge in [-0.2, -0.15) is 0 Å². The molecule has 0 fully saturated rings. The van der Waals surface area contributed by atoms with Crippen LogP contribution < -0.4 is 4.74 Å². The first-order chi connectivity index (χ1) is 10.9. The number of nitrogens with zero attached hydrogens (tertiary/aromatic N) is 1. The van der Waals surface area contributed by atoms with E-state index in [1.807, 2.05) is 48.5 Å². The van der Waals surface area contributed by atoms with Crippen molar-refractivity contribution in [2.75, 3.05) is 12.4 Å². The molecule has 3 nitrogen and oxygen atoms in total. The van der Waals surface area contributed by atoms with Crippen molar-refractivity contribution < 1.29 is 4.74 Å². The summed E-state index contributed by atoms with van der Waals surface area (Å²) in [5, 5.41) is 0.934. The predicted molar refractivity (Wildman–Crippen MR) is 92.7 cm³/mol. The number of nitrogens with one attached hydrogen (secondary N) is 1. The molecule has 0 saturated carbocycles. The highest BCUT2D eigenvalue weighted by Gasteiger charge is 2.04. The Morgan fingerprint density at radius 1 is 1.14 bits per heavy atom. The Hall–Kier alpha value is -2.20. The zero-order chi connectivity index (χ0) is 15.2. The van der Waals surface area contributed by atoms with E-state index in [0.29, 0.717) is 6.61 Å². The number of benzene rings is 2. The fourth-order valence-corrected chi connectivity index (χ4v) is 2.96. The van der Waals surface area contributed by atoms with E-state index in [4.69, 9.17) is 4.74 Å². The summed E-state index contributed by atoms with van der Waals surface area (Å²) in [6.07, 6.45) is 2.72. The van der Waals surface area contributed by atoms with Gasteiger partial charge in [0, 0.05) is 5.75 Å². The van der Waals surface area contributed by atoms with E-state index in [2.05, 4.69) is 22.6 Å². The number of para-hydroxylation sites is 3. The molecule has 0 radical (unpaired) electrons. The molecule has 22 heavy (non-hydrogen) atoms. The molecule has 1 aromatic heterocycles. The van der Waals surface area contributed by atoms with Crippen LogP contribution in [0.5, 0.6) is 5.75 Å². The third-order valence-electron chi connectivity index (χ3n) is 3.28. The standard InChI is InChI=1S/C18H18N2OS/c1-2-7-14-8-3-6-11-17(14)21-12-13-22-18-19-15-9-4-5-10-16(15)20-18/h2-6,8-11H,1,7,12-13H2,(H,19,20). The van der Waals surface area contributed by atoms with E-state index in [-0.39, 0.29) is 0 Å². The smallest absolute Gasteiger partial charge is 0.166 e. The summed E-state index contributed by atoms with van der Waals surface area (Å²) in [5.74, 6) is 1.79. The van der Waals surface area contributed by atoms with Crippen molar-refractivity contribution in [2.24, 2.45) is 0 Å². The van der Waals surface area contributed by atoms with Crippen molar-refractivity contribution in [3.63, 3.8) is 0 Å². The Bertz CT molecular complexity index is 733. The number of aromatic nitrogens is 2. The molecule has 0 amide bonds.